The third-order valence-corrected chi connectivity index (χ3v) is 5.71. The summed E-state index contributed by atoms with van der Waals surface area (Å²) >= 11 is 0. The average Bonchev–Trinajstić information content (AvgIpc) is 2.28. The molecule has 0 bridgehead atoms. The monoisotopic (exact) mass is 269 g/mol. The number of para-hydroxylation sites is 1. The zero-order valence-electron chi connectivity index (χ0n) is 10.7. The van der Waals surface area contributed by atoms with Crippen molar-refractivity contribution in [3.8, 4) is 5.75 Å². The van der Waals surface area contributed by atoms with Crippen LogP contribution in [0.25, 0.3) is 0 Å². The molecule has 0 radical (unpaired) electrons. The second kappa shape index (κ2) is 4.90. The molecular weight excluding hydrogens is 250 g/mol. The number of nitrogens with zero attached hydrogens (tertiary/aromatic N) is 1. The average molecular weight is 269 g/mol. The lowest BCUT2D eigenvalue weighted by molar-refractivity contribution is 0.204. The lowest BCUT2D eigenvalue weighted by atomic mass is 10.0. The number of hydrogen-bond donors (Lipinski definition) is 1. The maximum absolute atomic E-state index is 12.6. The predicted octanol–water partition coefficient (Wildman–Crippen LogP) is 2.34. The van der Waals surface area contributed by atoms with Crippen molar-refractivity contribution in [2.75, 3.05) is 0 Å². The number of phenolic OH excluding ortho intramolecular Hbond substituents is 1. The fraction of sp³-hybridized carbons (Fsp3) is 0.538. The van der Waals surface area contributed by atoms with E-state index in [1.165, 1.54) is 16.4 Å². The predicted molar refractivity (Wildman–Crippen MR) is 69.9 cm³/mol. The van der Waals surface area contributed by atoms with Gasteiger partial charge in [-0.05, 0) is 38.8 Å². The SMILES string of the molecule is C[C@@H]1CCC[C@H](C)N1S(=O)(=O)c1ccccc1O. The molecule has 2 atom stereocenters. The van der Waals surface area contributed by atoms with Crippen LogP contribution in [0.15, 0.2) is 29.2 Å². The maximum atomic E-state index is 12.6. The highest BCUT2D eigenvalue weighted by atomic mass is 32.2. The zero-order chi connectivity index (χ0) is 13.3. The molecule has 0 aromatic heterocycles. The number of phenols is 1. The summed E-state index contributed by atoms with van der Waals surface area (Å²) < 4.78 is 26.7. The molecule has 2 rings (SSSR count). The molecule has 1 heterocycles. The Morgan fingerprint density at radius 3 is 2.28 bits per heavy atom. The molecule has 0 spiro atoms. The van der Waals surface area contributed by atoms with E-state index in [0.717, 1.165) is 19.3 Å². The molecule has 18 heavy (non-hydrogen) atoms. The Bertz CT molecular complexity index is 517. The van der Waals surface area contributed by atoms with Crippen LogP contribution < -0.4 is 0 Å². The first-order valence-electron chi connectivity index (χ1n) is 6.26. The van der Waals surface area contributed by atoms with E-state index in [0.29, 0.717) is 0 Å². The van der Waals surface area contributed by atoms with Gasteiger partial charge in [0.05, 0.1) is 0 Å². The highest BCUT2D eigenvalue weighted by Gasteiger charge is 2.36. The largest absolute Gasteiger partial charge is 0.507 e. The molecular formula is C13H19NO3S. The third-order valence-electron chi connectivity index (χ3n) is 3.53. The zero-order valence-corrected chi connectivity index (χ0v) is 11.5. The summed E-state index contributed by atoms with van der Waals surface area (Å²) in [5.41, 5.74) is 0. The molecule has 0 unspecified atom stereocenters. The minimum atomic E-state index is -3.61. The van der Waals surface area contributed by atoms with Crippen LogP contribution in [0.4, 0.5) is 0 Å². The van der Waals surface area contributed by atoms with Crippen molar-refractivity contribution in [3.63, 3.8) is 0 Å². The lowest BCUT2D eigenvalue weighted by Gasteiger charge is -2.37. The number of sulfonamides is 1. The minimum absolute atomic E-state index is 0.00519. The second-order valence-corrected chi connectivity index (χ2v) is 6.74. The van der Waals surface area contributed by atoms with Crippen LogP contribution in [0.5, 0.6) is 5.75 Å². The van der Waals surface area contributed by atoms with Crippen molar-refractivity contribution >= 4 is 10.0 Å². The van der Waals surface area contributed by atoms with Gasteiger partial charge in [-0.15, -0.1) is 0 Å². The van der Waals surface area contributed by atoms with Gasteiger partial charge in [-0.2, -0.15) is 4.31 Å². The number of hydrogen-bond acceptors (Lipinski definition) is 3. The molecule has 0 aliphatic carbocycles. The fourth-order valence-corrected chi connectivity index (χ4v) is 4.63. The van der Waals surface area contributed by atoms with Gasteiger partial charge in [0.25, 0.3) is 0 Å². The van der Waals surface area contributed by atoms with Crippen molar-refractivity contribution in [2.45, 2.75) is 50.1 Å². The molecule has 4 nitrogen and oxygen atoms in total. The molecule has 1 aliphatic heterocycles. The van der Waals surface area contributed by atoms with Crippen molar-refractivity contribution < 1.29 is 13.5 Å². The van der Waals surface area contributed by atoms with Crippen LogP contribution in [0.1, 0.15) is 33.1 Å². The van der Waals surface area contributed by atoms with Gasteiger partial charge in [-0.1, -0.05) is 18.6 Å². The summed E-state index contributed by atoms with van der Waals surface area (Å²) in [5.74, 6) is -0.178. The Morgan fingerprint density at radius 1 is 1.17 bits per heavy atom. The fourth-order valence-electron chi connectivity index (χ4n) is 2.66. The first-order valence-corrected chi connectivity index (χ1v) is 7.70. The molecule has 1 saturated heterocycles. The molecule has 0 saturated carbocycles. The quantitative estimate of drug-likeness (QED) is 0.896. The topological polar surface area (TPSA) is 57.6 Å². The highest BCUT2D eigenvalue weighted by molar-refractivity contribution is 7.89. The smallest absolute Gasteiger partial charge is 0.247 e. The van der Waals surface area contributed by atoms with E-state index in [1.807, 2.05) is 13.8 Å². The number of piperidine rings is 1. The Morgan fingerprint density at radius 2 is 1.72 bits per heavy atom. The van der Waals surface area contributed by atoms with Gasteiger partial charge >= 0.3 is 0 Å². The van der Waals surface area contributed by atoms with E-state index >= 15 is 0 Å². The highest BCUT2D eigenvalue weighted by Crippen LogP contribution is 2.32. The summed E-state index contributed by atoms with van der Waals surface area (Å²) in [6.45, 7) is 3.85. The molecule has 1 aromatic rings. The van der Waals surface area contributed by atoms with E-state index in [1.54, 1.807) is 12.1 Å². The van der Waals surface area contributed by atoms with Crippen molar-refractivity contribution in [1.29, 1.82) is 0 Å². The van der Waals surface area contributed by atoms with Gasteiger partial charge < -0.3 is 5.11 Å². The number of rotatable bonds is 2. The summed E-state index contributed by atoms with van der Waals surface area (Å²) in [6, 6.07) is 6.09. The molecule has 100 valence electrons. The van der Waals surface area contributed by atoms with Crippen LogP contribution >= 0.6 is 0 Å². The van der Waals surface area contributed by atoms with Crippen LogP contribution in [0.3, 0.4) is 0 Å². The van der Waals surface area contributed by atoms with Crippen LogP contribution in [-0.2, 0) is 10.0 Å². The van der Waals surface area contributed by atoms with Gasteiger partial charge in [-0.25, -0.2) is 8.42 Å². The first-order chi connectivity index (χ1) is 8.44. The van der Waals surface area contributed by atoms with E-state index < -0.39 is 10.0 Å². The normalized spacial score (nSPS) is 26.1. The molecule has 1 aromatic carbocycles. The molecule has 5 heteroatoms. The van der Waals surface area contributed by atoms with E-state index in [4.69, 9.17) is 0 Å². The third kappa shape index (κ3) is 2.24. The van der Waals surface area contributed by atoms with E-state index in [9.17, 15) is 13.5 Å². The summed E-state index contributed by atoms with van der Waals surface area (Å²) in [5, 5.41) is 9.74. The molecule has 0 amide bonds. The standard InChI is InChI=1S/C13H19NO3S/c1-10-6-5-7-11(2)14(10)18(16,17)13-9-4-3-8-12(13)15/h3-4,8-11,15H,5-7H2,1-2H3/t10-,11+. The first kappa shape index (κ1) is 13.4. The lowest BCUT2D eigenvalue weighted by Crippen LogP contribution is -2.47. The van der Waals surface area contributed by atoms with Crippen LogP contribution in [-0.4, -0.2) is 29.9 Å². The summed E-state index contributed by atoms with van der Waals surface area (Å²) in [7, 11) is -3.61. The molecule has 1 fully saturated rings. The van der Waals surface area contributed by atoms with Gasteiger partial charge in [0.15, 0.2) is 0 Å². The summed E-state index contributed by atoms with van der Waals surface area (Å²) in [4.78, 5) is 0.00519. The van der Waals surface area contributed by atoms with Crippen molar-refractivity contribution in [1.82, 2.24) is 4.31 Å². The van der Waals surface area contributed by atoms with E-state index in [-0.39, 0.29) is 22.7 Å². The van der Waals surface area contributed by atoms with Gasteiger partial charge in [0.2, 0.25) is 10.0 Å². The summed E-state index contributed by atoms with van der Waals surface area (Å²) in [6.07, 6.45) is 2.80. The Kier molecular flexibility index (Phi) is 3.64. The molecule has 1 N–H and O–H groups in total. The molecule has 1 aliphatic rings. The van der Waals surface area contributed by atoms with Gasteiger partial charge in [-0.3, -0.25) is 0 Å². The number of benzene rings is 1. The Hall–Kier alpha value is -1.07. The van der Waals surface area contributed by atoms with Crippen LogP contribution in [0.2, 0.25) is 0 Å². The van der Waals surface area contributed by atoms with Crippen molar-refractivity contribution in [2.24, 2.45) is 0 Å². The van der Waals surface area contributed by atoms with E-state index in [2.05, 4.69) is 0 Å². The second-order valence-electron chi connectivity index (χ2n) is 4.93. The van der Waals surface area contributed by atoms with Crippen LogP contribution in [0, 0.1) is 0 Å². The minimum Gasteiger partial charge on any atom is -0.507 e. The van der Waals surface area contributed by atoms with Gasteiger partial charge in [0, 0.05) is 12.1 Å². The van der Waals surface area contributed by atoms with Gasteiger partial charge in [0.1, 0.15) is 10.6 Å². The Balaban J connectivity index is 2.45. The maximum Gasteiger partial charge on any atom is 0.247 e. The van der Waals surface area contributed by atoms with Crippen molar-refractivity contribution in [3.05, 3.63) is 24.3 Å². The number of aromatic hydroxyl groups is 1. The Labute approximate surface area is 108 Å².